The highest BCUT2D eigenvalue weighted by molar-refractivity contribution is 6.89. The van der Waals surface area contributed by atoms with Gasteiger partial charge in [-0.15, -0.1) is 12.1 Å². The van der Waals surface area contributed by atoms with Crippen LogP contribution in [0.2, 0.25) is 0 Å². The van der Waals surface area contributed by atoms with Crippen molar-refractivity contribution < 1.29 is 0 Å². The number of rotatable bonds is 4. The van der Waals surface area contributed by atoms with Crippen LogP contribution in [0.15, 0.2) is 54.6 Å². The van der Waals surface area contributed by atoms with Crippen molar-refractivity contribution in [1.29, 1.82) is 0 Å². The standard InChI is InChI=1S/C26H28B/c1-18-14-20(3)25(21(4)15-18)27(13-12-24-10-8-7-9-11-24)26-22(5)16-19(2)17-23(26)6/h7-12,14-17H,1-6H3/q-1. The molecule has 0 atom stereocenters. The molecule has 0 saturated heterocycles. The lowest BCUT2D eigenvalue weighted by Crippen LogP contribution is -2.46. The first-order chi connectivity index (χ1) is 12.9. The minimum absolute atomic E-state index is 0.131. The average molecular weight is 351 g/mol. The molecule has 0 bridgehead atoms. The van der Waals surface area contributed by atoms with E-state index in [4.69, 9.17) is 0 Å². The number of aryl methyl sites for hydroxylation is 6. The first-order valence-corrected chi connectivity index (χ1v) is 9.66. The van der Waals surface area contributed by atoms with Crippen LogP contribution in [0.5, 0.6) is 0 Å². The average Bonchev–Trinajstić information content (AvgIpc) is 2.58. The summed E-state index contributed by atoms with van der Waals surface area (Å²) in [6, 6.07) is 19.6. The highest BCUT2D eigenvalue weighted by Gasteiger charge is 2.19. The third kappa shape index (κ3) is 4.25. The van der Waals surface area contributed by atoms with Crippen LogP contribution in [0.1, 0.15) is 38.9 Å². The van der Waals surface area contributed by atoms with E-state index in [1.54, 1.807) is 0 Å². The lowest BCUT2D eigenvalue weighted by atomic mass is 9.37. The van der Waals surface area contributed by atoms with Gasteiger partial charge in [0, 0.05) is 0 Å². The molecule has 0 N–H and O–H groups in total. The zero-order chi connectivity index (χ0) is 19.6. The quantitative estimate of drug-likeness (QED) is 0.448. The molecule has 3 rings (SSSR count). The monoisotopic (exact) mass is 351 g/mol. The SMILES string of the molecule is Cc1cc(C)c(B([C-]=Cc2ccccc2)c2c(C)cc(C)cc2C)c(C)c1. The molecule has 27 heavy (non-hydrogen) atoms. The van der Waals surface area contributed by atoms with E-state index in [1.165, 1.54) is 49.9 Å². The van der Waals surface area contributed by atoms with E-state index in [2.05, 4.69) is 108 Å². The van der Waals surface area contributed by atoms with E-state index in [9.17, 15) is 0 Å². The van der Waals surface area contributed by atoms with Crippen LogP contribution in [-0.4, -0.2) is 6.71 Å². The largest absolute Gasteiger partial charge is 0.292 e. The molecule has 0 aliphatic heterocycles. The fourth-order valence-electron chi connectivity index (χ4n) is 4.33. The van der Waals surface area contributed by atoms with Crippen molar-refractivity contribution in [3.8, 4) is 0 Å². The maximum Gasteiger partial charge on any atom is 0.133 e. The molecule has 0 heterocycles. The van der Waals surface area contributed by atoms with E-state index >= 15 is 0 Å². The summed E-state index contributed by atoms with van der Waals surface area (Å²) in [5, 5.41) is 0. The van der Waals surface area contributed by atoms with E-state index in [0.29, 0.717) is 0 Å². The summed E-state index contributed by atoms with van der Waals surface area (Å²) >= 11 is 0. The summed E-state index contributed by atoms with van der Waals surface area (Å²) in [7, 11) is 0. The molecule has 0 radical (unpaired) electrons. The third-order valence-corrected chi connectivity index (χ3v) is 5.27. The number of hydrogen-bond acceptors (Lipinski definition) is 0. The molecule has 3 aromatic rings. The minimum atomic E-state index is 0.131. The predicted octanol–water partition coefficient (Wildman–Crippen LogP) is 5.20. The summed E-state index contributed by atoms with van der Waals surface area (Å²) < 4.78 is 0. The highest BCUT2D eigenvalue weighted by Crippen LogP contribution is 2.13. The summed E-state index contributed by atoms with van der Waals surface area (Å²) in [6.45, 7) is 13.4. The van der Waals surface area contributed by atoms with Gasteiger partial charge in [0.25, 0.3) is 0 Å². The normalized spacial score (nSPS) is 11.2. The van der Waals surface area contributed by atoms with Crippen LogP contribution in [0.3, 0.4) is 0 Å². The summed E-state index contributed by atoms with van der Waals surface area (Å²) in [5.74, 6) is 3.75. The van der Waals surface area contributed by atoms with Gasteiger partial charge in [-0.2, -0.15) is 5.56 Å². The zero-order valence-corrected chi connectivity index (χ0v) is 17.4. The molecule has 0 spiro atoms. The number of hydrogen-bond donors (Lipinski definition) is 0. The lowest BCUT2D eigenvalue weighted by Gasteiger charge is -2.26. The van der Waals surface area contributed by atoms with Gasteiger partial charge in [-0.1, -0.05) is 86.8 Å². The maximum atomic E-state index is 3.75. The van der Waals surface area contributed by atoms with E-state index in [0.717, 1.165) is 0 Å². The minimum Gasteiger partial charge on any atom is -0.292 e. The predicted molar refractivity (Wildman–Crippen MR) is 120 cm³/mol. The van der Waals surface area contributed by atoms with E-state index < -0.39 is 0 Å². The van der Waals surface area contributed by atoms with Gasteiger partial charge in [0.2, 0.25) is 0 Å². The van der Waals surface area contributed by atoms with Gasteiger partial charge < -0.3 is 0 Å². The molecule has 0 aromatic heterocycles. The lowest BCUT2D eigenvalue weighted by molar-refractivity contribution is 1.34. The Labute approximate surface area is 165 Å². The Hall–Kier alpha value is -2.54. The Morgan fingerprint density at radius 1 is 0.630 bits per heavy atom. The van der Waals surface area contributed by atoms with Crippen LogP contribution in [0.4, 0.5) is 0 Å². The second kappa shape index (κ2) is 8.00. The van der Waals surface area contributed by atoms with Gasteiger partial charge in [0.05, 0.1) is 0 Å². The van der Waals surface area contributed by atoms with Crippen LogP contribution < -0.4 is 10.9 Å². The van der Waals surface area contributed by atoms with E-state index in [1.807, 2.05) is 0 Å². The summed E-state index contributed by atoms with van der Waals surface area (Å²) in [5.41, 5.74) is 11.9. The zero-order valence-electron chi connectivity index (χ0n) is 17.4. The third-order valence-electron chi connectivity index (χ3n) is 5.27. The molecular weight excluding hydrogens is 323 g/mol. The van der Waals surface area contributed by atoms with Crippen molar-refractivity contribution in [3.05, 3.63) is 99.5 Å². The van der Waals surface area contributed by atoms with Gasteiger partial charge in [0.15, 0.2) is 0 Å². The molecule has 0 amide bonds. The van der Waals surface area contributed by atoms with Crippen LogP contribution in [-0.2, 0) is 0 Å². The van der Waals surface area contributed by atoms with E-state index in [-0.39, 0.29) is 6.71 Å². The molecule has 1 heteroatoms. The smallest absolute Gasteiger partial charge is 0.133 e. The molecule has 0 aliphatic rings. The topological polar surface area (TPSA) is 0 Å². The van der Waals surface area contributed by atoms with Crippen molar-refractivity contribution in [3.63, 3.8) is 0 Å². The van der Waals surface area contributed by atoms with Gasteiger partial charge >= 0.3 is 0 Å². The van der Waals surface area contributed by atoms with Gasteiger partial charge in [-0.05, 0) is 41.5 Å². The number of benzene rings is 3. The maximum absolute atomic E-state index is 3.75. The van der Waals surface area contributed by atoms with Crippen LogP contribution in [0, 0.1) is 47.5 Å². The van der Waals surface area contributed by atoms with Crippen LogP contribution >= 0.6 is 0 Å². The molecule has 0 aliphatic carbocycles. The van der Waals surface area contributed by atoms with Gasteiger partial charge in [-0.3, -0.25) is 5.98 Å². The Morgan fingerprint density at radius 2 is 1.04 bits per heavy atom. The molecule has 136 valence electrons. The first-order valence-electron chi connectivity index (χ1n) is 9.66. The fraction of sp³-hybridized carbons (Fsp3) is 0.231. The van der Waals surface area contributed by atoms with Crippen LogP contribution in [0.25, 0.3) is 6.08 Å². The van der Waals surface area contributed by atoms with Crippen molar-refractivity contribution >= 4 is 23.7 Å². The second-order valence-corrected chi connectivity index (χ2v) is 7.78. The summed E-state index contributed by atoms with van der Waals surface area (Å²) in [4.78, 5) is 0. The van der Waals surface area contributed by atoms with Crippen molar-refractivity contribution in [2.75, 3.05) is 0 Å². The van der Waals surface area contributed by atoms with Crippen molar-refractivity contribution in [2.24, 2.45) is 0 Å². The van der Waals surface area contributed by atoms with Gasteiger partial charge in [0.1, 0.15) is 6.71 Å². The summed E-state index contributed by atoms with van der Waals surface area (Å²) in [6.07, 6.45) is 2.14. The molecule has 3 aromatic carbocycles. The highest BCUT2D eigenvalue weighted by atomic mass is 14.1. The Balaban J connectivity index is 2.21. The molecule has 0 fully saturated rings. The van der Waals surface area contributed by atoms with Crippen molar-refractivity contribution in [1.82, 2.24) is 0 Å². The Kier molecular flexibility index (Phi) is 5.70. The second-order valence-electron chi connectivity index (χ2n) is 7.78. The Morgan fingerprint density at radius 3 is 1.44 bits per heavy atom. The first kappa shape index (κ1) is 19.2. The Bertz CT molecular complexity index is 877. The van der Waals surface area contributed by atoms with Gasteiger partial charge in [-0.25, -0.2) is 6.08 Å². The van der Waals surface area contributed by atoms with Crippen molar-refractivity contribution in [2.45, 2.75) is 41.5 Å². The molecule has 0 saturated carbocycles. The molecular formula is C26H28B-. The molecule has 0 nitrogen and oxygen atoms in total. The molecule has 0 unspecified atom stereocenters. The fourth-order valence-corrected chi connectivity index (χ4v) is 4.33.